The van der Waals surface area contributed by atoms with E-state index in [0.29, 0.717) is 18.7 Å². The summed E-state index contributed by atoms with van der Waals surface area (Å²) in [6.07, 6.45) is 2.97. The average molecular weight is 278 g/mol. The van der Waals surface area contributed by atoms with Crippen molar-refractivity contribution in [3.8, 4) is 0 Å². The number of carbonyl (C=O) groups is 2. The number of anilines is 1. The number of ether oxygens (including phenoxy) is 1. The van der Waals surface area contributed by atoms with Gasteiger partial charge in [0.2, 0.25) is 5.91 Å². The highest BCUT2D eigenvalue weighted by Gasteiger charge is 2.12. The number of carboxylic acid groups (broad SMARTS) is 1. The van der Waals surface area contributed by atoms with Gasteiger partial charge in [-0.3, -0.25) is 4.79 Å². The van der Waals surface area contributed by atoms with E-state index in [-0.39, 0.29) is 5.91 Å². The standard InChI is InChI=1S/C14H18N2O4/c1-20-9-8-12(15)14(19)16-11-5-2-10(3-6-11)4-7-13(17)18/h2-7,12H,8-9,15H2,1H3,(H,16,19)(H,17,18)/b7-4+. The van der Waals surface area contributed by atoms with Crippen molar-refractivity contribution in [3.63, 3.8) is 0 Å². The Kier molecular flexibility index (Phi) is 6.42. The van der Waals surface area contributed by atoms with Crippen LogP contribution in [0.15, 0.2) is 30.3 Å². The van der Waals surface area contributed by atoms with Crippen molar-refractivity contribution in [1.29, 1.82) is 0 Å². The van der Waals surface area contributed by atoms with E-state index in [0.717, 1.165) is 11.6 Å². The van der Waals surface area contributed by atoms with E-state index in [9.17, 15) is 9.59 Å². The van der Waals surface area contributed by atoms with Crippen LogP contribution in [0.25, 0.3) is 6.08 Å². The van der Waals surface area contributed by atoms with E-state index < -0.39 is 12.0 Å². The van der Waals surface area contributed by atoms with E-state index in [2.05, 4.69) is 5.32 Å². The number of rotatable bonds is 7. The molecule has 20 heavy (non-hydrogen) atoms. The minimum Gasteiger partial charge on any atom is -0.478 e. The molecule has 0 bridgehead atoms. The van der Waals surface area contributed by atoms with E-state index in [1.54, 1.807) is 31.4 Å². The maximum Gasteiger partial charge on any atom is 0.328 e. The lowest BCUT2D eigenvalue weighted by molar-refractivity contribution is -0.131. The van der Waals surface area contributed by atoms with Gasteiger partial charge in [0, 0.05) is 25.5 Å². The first-order chi connectivity index (χ1) is 9.52. The molecule has 6 heteroatoms. The second kappa shape index (κ2) is 8.08. The maximum absolute atomic E-state index is 11.7. The molecular formula is C14H18N2O4. The van der Waals surface area contributed by atoms with Crippen molar-refractivity contribution in [1.82, 2.24) is 0 Å². The van der Waals surface area contributed by atoms with E-state index >= 15 is 0 Å². The molecule has 1 unspecified atom stereocenters. The maximum atomic E-state index is 11.7. The number of nitrogens with one attached hydrogen (secondary N) is 1. The van der Waals surface area contributed by atoms with Crippen LogP contribution in [0, 0.1) is 0 Å². The van der Waals surface area contributed by atoms with Crippen molar-refractivity contribution in [2.24, 2.45) is 5.73 Å². The summed E-state index contributed by atoms with van der Waals surface area (Å²) < 4.78 is 4.86. The van der Waals surface area contributed by atoms with Crippen LogP contribution >= 0.6 is 0 Å². The van der Waals surface area contributed by atoms with Gasteiger partial charge in [0.25, 0.3) is 0 Å². The van der Waals surface area contributed by atoms with Crippen LogP contribution in [-0.4, -0.2) is 36.7 Å². The number of amides is 1. The fraction of sp³-hybridized carbons (Fsp3) is 0.286. The molecule has 0 radical (unpaired) electrons. The molecule has 0 aliphatic heterocycles. The summed E-state index contributed by atoms with van der Waals surface area (Å²) in [5.74, 6) is -1.29. The quantitative estimate of drug-likeness (QED) is 0.648. The minimum absolute atomic E-state index is 0.282. The van der Waals surface area contributed by atoms with E-state index in [1.807, 2.05) is 0 Å². The molecule has 1 atom stereocenters. The SMILES string of the molecule is COCCC(N)C(=O)Nc1ccc(/C=C/C(=O)O)cc1. The van der Waals surface area contributed by atoms with Crippen molar-refractivity contribution < 1.29 is 19.4 Å². The smallest absolute Gasteiger partial charge is 0.328 e. The molecule has 4 N–H and O–H groups in total. The highest BCUT2D eigenvalue weighted by molar-refractivity contribution is 5.94. The summed E-state index contributed by atoms with van der Waals surface area (Å²) in [5, 5.41) is 11.2. The number of methoxy groups -OCH3 is 1. The Hall–Kier alpha value is -2.18. The number of benzene rings is 1. The average Bonchev–Trinajstić information content (AvgIpc) is 2.43. The van der Waals surface area contributed by atoms with Gasteiger partial charge in [0.05, 0.1) is 6.04 Å². The molecule has 1 aromatic carbocycles. The van der Waals surface area contributed by atoms with Gasteiger partial charge in [-0.25, -0.2) is 4.79 Å². The molecule has 108 valence electrons. The van der Waals surface area contributed by atoms with Gasteiger partial charge in [0.1, 0.15) is 0 Å². The third-order valence-corrected chi connectivity index (χ3v) is 2.57. The third kappa shape index (κ3) is 5.64. The van der Waals surface area contributed by atoms with Crippen LogP contribution < -0.4 is 11.1 Å². The van der Waals surface area contributed by atoms with Crippen LogP contribution in [0.1, 0.15) is 12.0 Å². The van der Waals surface area contributed by atoms with Crippen molar-refractivity contribution in [2.45, 2.75) is 12.5 Å². The van der Waals surface area contributed by atoms with Crippen molar-refractivity contribution >= 4 is 23.6 Å². The zero-order valence-corrected chi connectivity index (χ0v) is 11.2. The van der Waals surface area contributed by atoms with Crippen LogP contribution in [-0.2, 0) is 14.3 Å². The predicted octanol–water partition coefficient (Wildman–Crippen LogP) is 1.09. The fourth-order valence-corrected chi connectivity index (χ4v) is 1.46. The summed E-state index contributed by atoms with van der Waals surface area (Å²) in [4.78, 5) is 22.1. The minimum atomic E-state index is -1.01. The van der Waals surface area contributed by atoms with Crippen molar-refractivity contribution in [2.75, 3.05) is 19.0 Å². The second-order valence-corrected chi connectivity index (χ2v) is 4.17. The highest BCUT2D eigenvalue weighted by atomic mass is 16.5. The van der Waals surface area contributed by atoms with E-state index in [4.69, 9.17) is 15.6 Å². The normalized spacial score (nSPS) is 12.3. The number of hydrogen-bond donors (Lipinski definition) is 3. The molecule has 0 heterocycles. The zero-order valence-electron chi connectivity index (χ0n) is 11.2. The first kappa shape index (κ1) is 15.9. The molecule has 1 aromatic rings. The summed E-state index contributed by atoms with van der Waals surface area (Å²) >= 11 is 0. The Morgan fingerprint density at radius 2 is 2.05 bits per heavy atom. The van der Waals surface area contributed by atoms with Gasteiger partial charge in [0.15, 0.2) is 0 Å². The summed E-state index contributed by atoms with van der Waals surface area (Å²) in [5.41, 5.74) is 7.03. The van der Waals surface area contributed by atoms with Crippen LogP contribution in [0.4, 0.5) is 5.69 Å². The number of nitrogens with two attached hydrogens (primary N) is 1. The molecule has 0 aromatic heterocycles. The molecule has 1 amide bonds. The number of hydrogen-bond acceptors (Lipinski definition) is 4. The number of aliphatic carboxylic acids is 1. The molecule has 6 nitrogen and oxygen atoms in total. The molecule has 0 spiro atoms. The Morgan fingerprint density at radius 1 is 1.40 bits per heavy atom. The monoisotopic (exact) mass is 278 g/mol. The van der Waals surface area contributed by atoms with Gasteiger partial charge in [-0.2, -0.15) is 0 Å². The zero-order chi connectivity index (χ0) is 15.0. The largest absolute Gasteiger partial charge is 0.478 e. The summed E-state index contributed by atoms with van der Waals surface area (Å²) in [6.45, 7) is 0.424. The lowest BCUT2D eigenvalue weighted by Crippen LogP contribution is -2.36. The van der Waals surface area contributed by atoms with Gasteiger partial charge >= 0.3 is 5.97 Å². The lowest BCUT2D eigenvalue weighted by Gasteiger charge is -2.11. The van der Waals surface area contributed by atoms with Gasteiger partial charge in [-0.1, -0.05) is 12.1 Å². The van der Waals surface area contributed by atoms with Crippen LogP contribution in [0.5, 0.6) is 0 Å². The molecule has 0 saturated heterocycles. The van der Waals surface area contributed by atoms with Crippen LogP contribution in [0.3, 0.4) is 0 Å². The summed E-state index contributed by atoms with van der Waals surface area (Å²) in [6, 6.07) is 6.15. The van der Waals surface area contributed by atoms with Gasteiger partial charge in [-0.05, 0) is 30.2 Å². The molecule has 0 saturated carbocycles. The topological polar surface area (TPSA) is 102 Å². The van der Waals surface area contributed by atoms with Crippen molar-refractivity contribution in [3.05, 3.63) is 35.9 Å². The Labute approximate surface area is 117 Å². The summed E-state index contributed by atoms with van der Waals surface area (Å²) in [7, 11) is 1.55. The molecule has 0 aliphatic carbocycles. The first-order valence-electron chi connectivity index (χ1n) is 6.09. The number of carboxylic acids is 1. The third-order valence-electron chi connectivity index (χ3n) is 2.57. The molecule has 0 aliphatic rings. The molecule has 0 fully saturated rings. The Balaban J connectivity index is 2.56. The van der Waals surface area contributed by atoms with E-state index in [1.165, 1.54) is 6.08 Å². The Morgan fingerprint density at radius 3 is 2.60 bits per heavy atom. The first-order valence-corrected chi connectivity index (χ1v) is 6.09. The molecule has 1 rings (SSSR count). The predicted molar refractivity (Wildman–Crippen MR) is 76.2 cm³/mol. The fourth-order valence-electron chi connectivity index (χ4n) is 1.46. The lowest BCUT2D eigenvalue weighted by atomic mass is 10.1. The van der Waals surface area contributed by atoms with Gasteiger partial charge in [-0.15, -0.1) is 0 Å². The second-order valence-electron chi connectivity index (χ2n) is 4.17. The molecular weight excluding hydrogens is 260 g/mol. The number of carbonyl (C=O) groups excluding carboxylic acids is 1. The van der Waals surface area contributed by atoms with Gasteiger partial charge < -0.3 is 20.9 Å². The Bertz CT molecular complexity index is 482. The van der Waals surface area contributed by atoms with Crippen LogP contribution in [0.2, 0.25) is 0 Å². The highest BCUT2D eigenvalue weighted by Crippen LogP contribution is 2.11.